The lowest BCUT2D eigenvalue weighted by molar-refractivity contribution is -0.129. The summed E-state index contributed by atoms with van der Waals surface area (Å²) in [5.41, 5.74) is 2.33. The SMILES string of the molecule is CC#CC(=O)N1CC(c2cc(C3NCCN3)ccc2Oc2ccccc2)C1. The molecule has 2 aliphatic heterocycles. The molecule has 0 aromatic heterocycles. The first-order chi connectivity index (χ1) is 13.2. The van der Waals surface area contributed by atoms with Crippen LogP contribution in [0.1, 0.15) is 30.1 Å². The van der Waals surface area contributed by atoms with Crippen molar-refractivity contribution in [2.75, 3.05) is 26.2 Å². The maximum atomic E-state index is 12.0. The van der Waals surface area contributed by atoms with Crippen molar-refractivity contribution < 1.29 is 9.53 Å². The molecule has 2 saturated heterocycles. The van der Waals surface area contributed by atoms with Gasteiger partial charge in [-0.25, -0.2) is 0 Å². The second kappa shape index (κ2) is 7.83. The zero-order valence-electron chi connectivity index (χ0n) is 15.4. The molecule has 2 fully saturated rings. The Labute approximate surface area is 159 Å². The van der Waals surface area contributed by atoms with E-state index < -0.39 is 0 Å². The van der Waals surface area contributed by atoms with E-state index in [-0.39, 0.29) is 18.0 Å². The number of benzene rings is 2. The Morgan fingerprint density at radius 2 is 1.85 bits per heavy atom. The van der Waals surface area contributed by atoms with Crippen LogP contribution in [0.25, 0.3) is 0 Å². The molecule has 2 heterocycles. The molecule has 138 valence electrons. The first kappa shape index (κ1) is 17.6. The Bertz CT molecular complexity index is 873. The Morgan fingerprint density at radius 3 is 2.56 bits per heavy atom. The lowest BCUT2D eigenvalue weighted by Crippen LogP contribution is -2.48. The molecule has 0 saturated carbocycles. The molecule has 0 unspecified atom stereocenters. The van der Waals surface area contributed by atoms with Gasteiger partial charge in [0.25, 0.3) is 5.91 Å². The van der Waals surface area contributed by atoms with Crippen LogP contribution in [-0.2, 0) is 4.79 Å². The monoisotopic (exact) mass is 361 g/mol. The predicted octanol–water partition coefficient (Wildman–Crippen LogP) is 2.62. The molecule has 5 heteroatoms. The smallest absolute Gasteiger partial charge is 0.298 e. The topological polar surface area (TPSA) is 53.6 Å². The number of amides is 1. The van der Waals surface area contributed by atoms with E-state index in [1.807, 2.05) is 36.4 Å². The molecule has 0 radical (unpaired) electrons. The van der Waals surface area contributed by atoms with Crippen LogP contribution >= 0.6 is 0 Å². The van der Waals surface area contributed by atoms with Gasteiger partial charge in [-0.1, -0.05) is 30.2 Å². The first-order valence-electron chi connectivity index (χ1n) is 9.30. The van der Waals surface area contributed by atoms with Gasteiger partial charge in [-0.2, -0.15) is 0 Å². The summed E-state index contributed by atoms with van der Waals surface area (Å²) in [4.78, 5) is 13.7. The zero-order chi connectivity index (χ0) is 18.6. The molecule has 2 aromatic rings. The number of ether oxygens (including phenoxy) is 1. The molecule has 2 N–H and O–H groups in total. The summed E-state index contributed by atoms with van der Waals surface area (Å²) in [5, 5.41) is 6.91. The third kappa shape index (κ3) is 3.82. The van der Waals surface area contributed by atoms with Gasteiger partial charge in [0, 0.05) is 37.7 Å². The number of likely N-dealkylation sites (tertiary alicyclic amines) is 1. The van der Waals surface area contributed by atoms with E-state index in [4.69, 9.17) is 4.74 Å². The van der Waals surface area contributed by atoms with E-state index in [0.29, 0.717) is 13.1 Å². The van der Waals surface area contributed by atoms with Crippen LogP contribution in [-0.4, -0.2) is 37.0 Å². The van der Waals surface area contributed by atoms with Crippen LogP contribution in [0.15, 0.2) is 48.5 Å². The fraction of sp³-hybridized carbons (Fsp3) is 0.318. The molecule has 0 spiro atoms. The first-order valence-corrected chi connectivity index (χ1v) is 9.30. The number of nitrogens with zero attached hydrogens (tertiary/aromatic N) is 1. The van der Waals surface area contributed by atoms with Crippen molar-refractivity contribution in [1.29, 1.82) is 0 Å². The van der Waals surface area contributed by atoms with Crippen LogP contribution in [0.5, 0.6) is 11.5 Å². The van der Waals surface area contributed by atoms with Crippen molar-refractivity contribution in [2.45, 2.75) is 19.0 Å². The van der Waals surface area contributed by atoms with Gasteiger partial charge in [0.2, 0.25) is 0 Å². The minimum absolute atomic E-state index is 0.102. The molecular weight excluding hydrogens is 338 g/mol. The summed E-state index contributed by atoms with van der Waals surface area (Å²) in [6.45, 7) is 4.96. The van der Waals surface area contributed by atoms with Gasteiger partial charge in [0.05, 0.1) is 6.17 Å². The summed E-state index contributed by atoms with van der Waals surface area (Å²) in [7, 11) is 0. The number of rotatable bonds is 4. The second-order valence-corrected chi connectivity index (χ2v) is 6.84. The maximum absolute atomic E-state index is 12.0. The largest absolute Gasteiger partial charge is 0.457 e. The van der Waals surface area contributed by atoms with Crippen molar-refractivity contribution in [3.05, 3.63) is 59.7 Å². The third-order valence-electron chi connectivity index (χ3n) is 5.00. The fourth-order valence-electron chi connectivity index (χ4n) is 3.54. The highest BCUT2D eigenvalue weighted by Crippen LogP contribution is 2.37. The lowest BCUT2D eigenvalue weighted by atomic mass is 9.89. The molecule has 0 aliphatic carbocycles. The number of nitrogens with one attached hydrogen (secondary N) is 2. The number of hydrogen-bond donors (Lipinski definition) is 2. The lowest BCUT2D eigenvalue weighted by Gasteiger charge is -2.39. The Kier molecular flexibility index (Phi) is 5.10. The van der Waals surface area contributed by atoms with Gasteiger partial charge in [0.1, 0.15) is 11.5 Å². The average molecular weight is 361 g/mol. The molecule has 27 heavy (non-hydrogen) atoms. The van der Waals surface area contributed by atoms with Crippen molar-refractivity contribution in [3.63, 3.8) is 0 Å². The standard InChI is InChI=1S/C22H23N3O2/c1-2-6-21(26)25-14-17(15-25)19-13-16(22-23-11-12-24-22)9-10-20(19)27-18-7-4-3-5-8-18/h3-5,7-10,13,17,22-24H,11-12,14-15H2,1H3. The molecule has 2 aromatic carbocycles. The highest BCUT2D eigenvalue weighted by molar-refractivity contribution is 5.94. The summed E-state index contributed by atoms with van der Waals surface area (Å²) >= 11 is 0. The van der Waals surface area contributed by atoms with Crippen LogP contribution < -0.4 is 15.4 Å². The van der Waals surface area contributed by atoms with E-state index in [2.05, 4.69) is 34.6 Å². The minimum atomic E-state index is -0.102. The fourth-order valence-corrected chi connectivity index (χ4v) is 3.54. The van der Waals surface area contributed by atoms with Gasteiger partial charge in [-0.05, 0) is 42.7 Å². The van der Waals surface area contributed by atoms with Gasteiger partial charge in [-0.15, -0.1) is 0 Å². The van der Waals surface area contributed by atoms with E-state index in [0.717, 1.165) is 30.2 Å². The van der Waals surface area contributed by atoms with Crippen LogP contribution in [0.2, 0.25) is 0 Å². The van der Waals surface area contributed by atoms with Crippen molar-refractivity contribution in [3.8, 4) is 23.3 Å². The highest BCUT2D eigenvalue weighted by Gasteiger charge is 2.33. The predicted molar refractivity (Wildman–Crippen MR) is 104 cm³/mol. The van der Waals surface area contributed by atoms with Crippen LogP contribution in [0.4, 0.5) is 0 Å². The quantitative estimate of drug-likeness (QED) is 0.822. The third-order valence-corrected chi connectivity index (χ3v) is 5.00. The van der Waals surface area contributed by atoms with E-state index >= 15 is 0 Å². The zero-order valence-corrected chi connectivity index (χ0v) is 15.4. The highest BCUT2D eigenvalue weighted by atomic mass is 16.5. The summed E-state index contributed by atoms with van der Waals surface area (Å²) in [6, 6.07) is 16.1. The molecule has 4 rings (SSSR count). The van der Waals surface area contributed by atoms with E-state index in [1.54, 1.807) is 11.8 Å². The van der Waals surface area contributed by atoms with E-state index in [9.17, 15) is 4.79 Å². The van der Waals surface area contributed by atoms with Gasteiger partial charge in [0.15, 0.2) is 0 Å². The number of hydrogen-bond acceptors (Lipinski definition) is 4. The number of carbonyl (C=O) groups is 1. The Hall–Kier alpha value is -2.81. The van der Waals surface area contributed by atoms with Gasteiger partial charge < -0.3 is 9.64 Å². The summed E-state index contributed by atoms with van der Waals surface area (Å²) < 4.78 is 6.15. The second-order valence-electron chi connectivity index (χ2n) is 6.84. The molecule has 2 aliphatic rings. The Balaban J connectivity index is 1.58. The van der Waals surface area contributed by atoms with Gasteiger partial charge >= 0.3 is 0 Å². The van der Waals surface area contributed by atoms with Crippen LogP contribution in [0, 0.1) is 11.8 Å². The molecule has 0 bridgehead atoms. The minimum Gasteiger partial charge on any atom is -0.457 e. The van der Waals surface area contributed by atoms with Crippen molar-refractivity contribution in [1.82, 2.24) is 15.5 Å². The number of carbonyl (C=O) groups excluding carboxylic acids is 1. The Morgan fingerprint density at radius 1 is 1.11 bits per heavy atom. The maximum Gasteiger partial charge on any atom is 0.298 e. The molecule has 1 amide bonds. The van der Waals surface area contributed by atoms with E-state index in [1.165, 1.54) is 5.56 Å². The molecule has 0 atom stereocenters. The average Bonchev–Trinajstić information content (AvgIpc) is 3.17. The normalized spacial score (nSPS) is 17.1. The summed E-state index contributed by atoms with van der Waals surface area (Å²) in [6.07, 6.45) is 0.165. The van der Waals surface area contributed by atoms with Crippen molar-refractivity contribution >= 4 is 5.91 Å². The molecule has 5 nitrogen and oxygen atoms in total. The van der Waals surface area contributed by atoms with Crippen molar-refractivity contribution in [2.24, 2.45) is 0 Å². The molecular formula is C22H23N3O2. The number of para-hydroxylation sites is 1. The summed E-state index contributed by atoms with van der Waals surface area (Å²) in [5.74, 6) is 7.11. The van der Waals surface area contributed by atoms with Gasteiger partial charge in [-0.3, -0.25) is 15.4 Å². The van der Waals surface area contributed by atoms with Crippen LogP contribution in [0.3, 0.4) is 0 Å².